The highest BCUT2D eigenvalue weighted by Crippen LogP contribution is 2.29. The first-order valence-electron chi connectivity index (χ1n) is 16.3. The molecule has 4 aromatic rings. The third kappa shape index (κ3) is 7.67. The maximum atomic E-state index is 14.0. The molecule has 2 fully saturated rings. The Bertz CT molecular complexity index is 1570. The smallest absolute Gasteiger partial charge is 0.242 e. The molecule has 0 saturated carbocycles. The number of methoxy groups -OCH3 is 2. The van der Waals surface area contributed by atoms with Crippen molar-refractivity contribution in [3.8, 4) is 11.5 Å². The van der Waals surface area contributed by atoms with Gasteiger partial charge in [0.15, 0.2) is 0 Å². The summed E-state index contributed by atoms with van der Waals surface area (Å²) in [6, 6.07) is 25.8. The van der Waals surface area contributed by atoms with Gasteiger partial charge in [0.1, 0.15) is 17.5 Å². The zero-order chi connectivity index (χ0) is 31.9. The first-order valence-corrected chi connectivity index (χ1v) is 16.3. The van der Waals surface area contributed by atoms with Crippen molar-refractivity contribution < 1.29 is 19.4 Å². The van der Waals surface area contributed by atoms with Gasteiger partial charge in [-0.2, -0.15) is 0 Å². The van der Waals surface area contributed by atoms with Crippen molar-refractivity contribution >= 4 is 16.8 Å². The quantitative estimate of drug-likeness (QED) is 0.254. The van der Waals surface area contributed by atoms with E-state index in [0.29, 0.717) is 6.54 Å². The average molecular weight is 624 g/mol. The van der Waals surface area contributed by atoms with E-state index in [0.717, 1.165) is 92.2 Å². The molecule has 2 aliphatic heterocycles. The van der Waals surface area contributed by atoms with Crippen LogP contribution < -0.4 is 14.8 Å². The van der Waals surface area contributed by atoms with E-state index in [9.17, 15) is 9.90 Å². The minimum absolute atomic E-state index is 0.0531. The number of benzene rings is 3. The molecule has 9 heteroatoms. The molecule has 1 aromatic heterocycles. The van der Waals surface area contributed by atoms with Crippen LogP contribution in [0.4, 0.5) is 0 Å². The van der Waals surface area contributed by atoms with Crippen molar-refractivity contribution in [2.75, 3.05) is 60.0 Å². The number of aliphatic hydroxyl groups excluding tert-OH is 1. The van der Waals surface area contributed by atoms with Gasteiger partial charge in [0.05, 0.1) is 25.8 Å². The van der Waals surface area contributed by atoms with Gasteiger partial charge in [-0.25, -0.2) is 0 Å². The number of piperazine rings is 1. The standard InChI is InChI=1S/C37H45N5O4/c1-45-30-10-8-28(9-11-30)36(42-22-20-41(21-23-42)25-27-6-4-3-5-7-27)37(44)39-29-15-18-40(19-16-29)26-35(43)32-14-17-38-34-13-12-31(46-2)24-33(32)34/h3-14,17,24,29,35-36,43H,15-16,18-23,25-26H2,1-2H3,(H,39,44)/t35-,36?/m0/s1. The van der Waals surface area contributed by atoms with Crippen molar-refractivity contribution in [2.24, 2.45) is 0 Å². The number of likely N-dealkylation sites (tertiary alicyclic amines) is 1. The molecule has 242 valence electrons. The monoisotopic (exact) mass is 623 g/mol. The zero-order valence-electron chi connectivity index (χ0n) is 26.8. The number of carbonyl (C=O) groups excluding carboxylic acids is 1. The molecular formula is C37H45N5O4. The van der Waals surface area contributed by atoms with E-state index in [1.54, 1.807) is 20.4 Å². The molecule has 2 aliphatic rings. The molecular weight excluding hydrogens is 578 g/mol. The summed E-state index contributed by atoms with van der Waals surface area (Å²) in [4.78, 5) is 25.5. The summed E-state index contributed by atoms with van der Waals surface area (Å²) in [6.07, 6.45) is 2.77. The van der Waals surface area contributed by atoms with Crippen molar-refractivity contribution in [1.82, 2.24) is 25.0 Å². The van der Waals surface area contributed by atoms with E-state index in [1.807, 2.05) is 48.5 Å². The third-order valence-electron chi connectivity index (χ3n) is 9.41. The summed E-state index contributed by atoms with van der Waals surface area (Å²) in [5.74, 6) is 1.58. The molecule has 1 amide bonds. The van der Waals surface area contributed by atoms with E-state index >= 15 is 0 Å². The number of nitrogens with zero attached hydrogens (tertiary/aromatic N) is 4. The molecule has 6 rings (SSSR count). The Kier molecular flexibility index (Phi) is 10.4. The second-order valence-corrected chi connectivity index (χ2v) is 12.4. The number of carbonyl (C=O) groups is 1. The molecule has 2 saturated heterocycles. The van der Waals surface area contributed by atoms with Crippen LogP contribution in [0.5, 0.6) is 11.5 Å². The molecule has 2 N–H and O–H groups in total. The Labute approximate surface area is 271 Å². The summed E-state index contributed by atoms with van der Waals surface area (Å²) in [6.45, 7) is 6.53. The van der Waals surface area contributed by atoms with Gasteiger partial charge in [-0.1, -0.05) is 42.5 Å². The maximum absolute atomic E-state index is 14.0. The molecule has 46 heavy (non-hydrogen) atoms. The highest BCUT2D eigenvalue weighted by molar-refractivity contribution is 5.84. The number of aliphatic hydroxyl groups is 1. The van der Waals surface area contributed by atoms with Gasteiger partial charge in [-0.15, -0.1) is 0 Å². The minimum Gasteiger partial charge on any atom is -0.497 e. The fraction of sp³-hybridized carbons (Fsp3) is 0.405. The number of hydrogen-bond acceptors (Lipinski definition) is 8. The summed E-state index contributed by atoms with van der Waals surface area (Å²) >= 11 is 0. The van der Waals surface area contributed by atoms with E-state index in [2.05, 4.69) is 55.3 Å². The number of pyridine rings is 1. The number of piperidine rings is 1. The van der Waals surface area contributed by atoms with Gasteiger partial charge in [0.25, 0.3) is 0 Å². The first kappa shape index (κ1) is 31.9. The Balaban J connectivity index is 1.06. The predicted molar refractivity (Wildman–Crippen MR) is 180 cm³/mol. The number of amides is 1. The lowest BCUT2D eigenvalue weighted by Crippen LogP contribution is -2.53. The van der Waals surface area contributed by atoms with Crippen molar-refractivity contribution in [3.05, 3.63) is 102 Å². The number of ether oxygens (including phenoxy) is 2. The Morgan fingerprint density at radius 1 is 0.870 bits per heavy atom. The van der Waals surface area contributed by atoms with Crippen molar-refractivity contribution in [1.29, 1.82) is 0 Å². The Hall–Kier alpha value is -4.02. The first-order chi connectivity index (χ1) is 22.5. The van der Waals surface area contributed by atoms with E-state index in [-0.39, 0.29) is 18.0 Å². The van der Waals surface area contributed by atoms with E-state index in [4.69, 9.17) is 9.47 Å². The minimum atomic E-state index is -0.649. The van der Waals surface area contributed by atoms with E-state index in [1.165, 1.54) is 5.56 Å². The van der Waals surface area contributed by atoms with Gasteiger partial charge in [-0.3, -0.25) is 19.6 Å². The zero-order valence-corrected chi connectivity index (χ0v) is 26.8. The maximum Gasteiger partial charge on any atom is 0.242 e. The molecule has 0 bridgehead atoms. The number of nitrogens with one attached hydrogen (secondary N) is 1. The summed E-state index contributed by atoms with van der Waals surface area (Å²) in [7, 11) is 3.30. The van der Waals surface area contributed by atoms with E-state index < -0.39 is 6.10 Å². The lowest BCUT2D eigenvalue weighted by atomic mass is 9.99. The van der Waals surface area contributed by atoms with Gasteiger partial charge >= 0.3 is 0 Å². The van der Waals surface area contributed by atoms with Crippen LogP contribution in [0.2, 0.25) is 0 Å². The van der Waals surface area contributed by atoms with Gasteiger partial charge in [0.2, 0.25) is 5.91 Å². The summed E-state index contributed by atoms with van der Waals surface area (Å²) in [5.41, 5.74) is 3.98. The molecule has 0 radical (unpaired) electrons. The average Bonchev–Trinajstić information content (AvgIpc) is 3.10. The fourth-order valence-electron chi connectivity index (χ4n) is 6.78. The van der Waals surface area contributed by atoms with Crippen LogP contribution in [0.25, 0.3) is 10.9 Å². The van der Waals surface area contributed by atoms with Crippen LogP contribution in [-0.2, 0) is 11.3 Å². The Morgan fingerprint density at radius 3 is 2.26 bits per heavy atom. The molecule has 1 unspecified atom stereocenters. The molecule has 3 aromatic carbocycles. The van der Waals surface area contributed by atoms with Crippen LogP contribution in [-0.4, -0.2) is 96.8 Å². The Morgan fingerprint density at radius 2 is 1.57 bits per heavy atom. The molecule has 3 heterocycles. The fourth-order valence-corrected chi connectivity index (χ4v) is 6.78. The summed E-state index contributed by atoms with van der Waals surface area (Å²) < 4.78 is 10.8. The topological polar surface area (TPSA) is 90.4 Å². The van der Waals surface area contributed by atoms with Gasteiger partial charge < -0.3 is 24.8 Å². The number of aromatic nitrogens is 1. The molecule has 2 atom stereocenters. The number of fused-ring (bicyclic) bond motifs is 1. The number of hydrogen-bond donors (Lipinski definition) is 2. The highest BCUT2D eigenvalue weighted by Gasteiger charge is 2.33. The number of rotatable bonds is 11. The van der Waals surface area contributed by atoms with Crippen LogP contribution in [0.1, 0.15) is 41.7 Å². The van der Waals surface area contributed by atoms with Crippen LogP contribution in [0.15, 0.2) is 85.1 Å². The molecule has 0 spiro atoms. The van der Waals surface area contributed by atoms with Crippen LogP contribution >= 0.6 is 0 Å². The second-order valence-electron chi connectivity index (χ2n) is 12.4. The van der Waals surface area contributed by atoms with Crippen LogP contribution in [0.3, 0.4) is 0 Å². The summed E-state index contributed by atoms with van der Waals surface area (Å²) in [5, 5.41) is 15.5. The third-order valence-corrected chi connectivity index (χ3v) is 9.41. The SMILES string of the molecule is COc1ccc(C(C(=O)NC2CCN(C[C@H](O)c3ccnc4ccc(OC)cc34)CC2)N2CCN(Cc3ccccc3)CC2)cc1. The molecule has 9 nitrogen and oxygen atoms in total. The lowest BCUT2D eigenvalue weighted by molar-refractivity contribution is -0.128. The van der Waals surface area contributed by atoms with Gasteiger partial charge in [-0.05, 0) is 65.9 Å². The lowest BCUT2D eigenvalue weighted by Gasteiger charge is -2.40. The number of β-amino-alcohol motifs (C(OH)–C–C–N with tert-alkyl or cyclic N) is 1. The highest BCUT2D eigenvalue weighted by atomic mass is 16.5. The second kappa shape index (κ2) is 15.0. The largest absolute Gasteiger partial charge is 0.497 e. The predicted octanol–water partition coefficient (Wildman–Crippen LogP) is 4.43. The molecule has 0 aliphatic carbocycles. The normalized spacial score (nSPS) is 18.2. The van der Waals surface area contributed by atoms with Crippen molar-refractivity contribution in [3.63, 3.8) is 0 Å². The van der Waals surface area contributed by atoms with Crippen molar-refractivity contribution in [2.45, 2.75) is 37.6 Å². The van der Waals surface area contributed by atoms with Crippen LogP contribution in [0, 0.1) is 0 Å². The van der Waals surface area contributed by atoms with Gasteiger partial charge in [0, 0.05) is 70.0 Å².